The van der Waals surface area contributed by atoms with Gasteiger partial charge in [-0.1, -0.05) is 36.4 Å². The van der Waals surface area contributed by atoms with Gasteiger partial charge >= 0.3 is 0 Å². The maximum Gasteiger partial charge on any atom is 0.0713 e. The first-order valence-electron chi connectivity index (χ1n) is 12.2. The normalized spacial score (nSPS) is 26.8. The average molecular weight is 415 g/mol. The third kappa shape index (κ3) is 3.72. The van der Waals surface area contributed by atoms with E-state index in [1.165, 1.54) is 54.1 Å². The second kappa shape index (κ2) is 7.79. The van der Waals surface area contributed by atoms with Crippen molar-refractivity contribution < 1.29 is 4.74 Å². The summed E-state index contributed by atoms with van der Waals surface area (Å²) in [6.07, 6.45) is 10.9. The lowest BCUT2D eigenvalue weighted by Gasteiger charge is -2.45. The first kappa shape index (κ1) is 19.6. The van der Waals surface area contributed by atoms with Crippen molar-refractivity contribution in [1.29, 1.82) is 0 Å². The van der Waals surface area contributed by atoms with Crippen LogP contribution in [0.15, 0.2) is 48.7 Å². The molecule has 162 valence electrons. The smallest absolute Gasteiger partial charge is 0.0713 e. The van der Waals surface area contributed by atoms with E-state index >= 15 is 0 Å². The number of rotatable bonds is 5. The summed E-state index contributed by atoms with van der Waals surface area (Å²) in [6.45, 7) is 5.34. The van der Waals surface area contributed by atoms with E-state index in [1.807, 2.05) is 0 Å². The molecule has 2 atom stereocenters. The van der Waals surface area contributed by atoms with Crippen molar-refractivity contribution in [3.05, 3.63) is 70.9 Å². The highest BCUT2D eigenvalue weighted by Gasteiger charge is 2.43. The maximum atomic E-state index is 6.36. The number of likely N-dealkylation sites (tertiary alicyclic amines) is 1. The Bertz CT molecular complexity index is 1060. The molecule has 3 heteroatoms. The summed E-state index contributed by atoms with van der Waals surface area (Å²) >= 11 is 0. The van der Waals surface area contributed by atoms with Crippen LogP contribution in [0.5, 0.6) is 0 Å². The van der Waals surface area contributed by atoms with Gasteiger partial charge in [0, 0.05) is 42.8 Å². The first-order chi connectivity index (χ1) is 15.2. The molecule has 3 nitrogen and oxygen atoms in total. The van der Waals surface area contributed by atoms with Gasteiger partial charge in [0.2, 0.25) is 0 Å². The number of ether oxygens (including phenoxy) is 1. The lowest BCUT2D eigenvalue weighted by atomic mass is 9.81. The van der Waals surface area contributed by atoms with E-state index in [2.05, 4.69) is 65.5 Å². The lowest BCUT2D eigenvalue weighted by molar-refractivity contribution is -0.0675. The zero-order valence-corrected chi connectivity index (χ0v) is 18.7. The topological polar surface area (TPSA) is 28.3 Å². The average Bonchev–Trinajstić information content (AvgIpc) is 3.27. The van der Waals surface area contributed by atoms with E-state index in [4.69, 9.17) is 4.74 Å². The predicted octanol–water partition coefficient (Wildman–Crippen LogP) is 6.32. The van der Waals surface area contributed by atoms with Crippen LogP contribution in [0.1, 0.15) is 66.8 Å². The zero-order chi connectivity index (χ0) is 20.8. The molecule has 1 aromatic heterocycles. The number of aromatic nitrogens is 1. The molecule has 2 aliphatic heterocycles. The van der Waals surface area contributed by atoms with Crippen LogP contribution in [-0.2, 0) is 17.7 Å². The number of piperidine rings is 1. The summed E-state index contributed by atoms with van der Waals surface area (Å²) in [7, 11) is 0. The minimum Gasteiger partial charge on any atom is -0.375 e. The van der Waals surface area contributed by atoms with E-state index in [0.717, 1.165) is 38.5 Å². The standard InChI is InChI=1S/C28H34N2O/c1-20-16-23(17-21-8-9-21)25(24-10-13-29-27(20)24)19-30-14-12-28(11-5-15-31-28)18-26(30)22-6-3-2-4-7-22/h2-4,6-7,10,13,16,21,26,29H,5,8-9,11-12,14-15,17-19H2,1H3/t26-,28-/m0/s1. The molecule has 2 saturated heterocycles. The third-order valence-corrected chi connectivity index (χ3v) is 8.04. The van der Waals surface area contributed by atoms with E-state index in [1.54, 1.807) is 11.1 Å². The minimum atomic E-state index is 0.102. The van der Waals surface area contributed by atoms with E-state index < -0.39 is 0 Å². The van der Waals surface area contributed by atoms with Crippen LogP contribution in [0.2, 0.25) is 0 Å². The van der Waals surface area contributed by atoms with Gasteiger partial charge < -0.3 is 9.72 Å². The Morgan fingerprint density at radius 1 is 1.13 bits per heavy atom. The van der Waals surface area contributed by atoms with Gasteiger partial charge in [0.15, 0.2) is 0 Å². The Labute approximate surface area is 185 Å². The Balaban J connectivity index is 1.37. The van der Waals surface area contributed by atoms with Gasteiger partial charge in [-0.25, -0.2) is 0 Å². The molecule has 1 spiro atoms. The van der Waals surface area contributed by atoms with Crippen LogP contribution in [0.25, 0.3) is 10.9 Å². The fraction of sp³-hybridized carbons (Fsp3) is 0.500. The van der Waals surface area contributed by atoms with Crippen LogP contribution in [0.3, 0.4) is 0 Å². The lowest BCUT2D eigenvalue weighted by Crippen LogP contribution is -2.45. The van der Waals surface area contributed by atoms with Crippen molar-refractivity contribution in [2.24, 2.45) is 5.92 Å². The minimum absolute atomic E-state index is 0.102. The van der Waals surface area contributed by atoms with Crippen molar-refractivity contribution in [2.45, 2.75) is 70.1 Å². The van der Waals surface area contributed by atoms with Gasteiger partial charge in [-0.2, -0.15) is 0 Å². The number of aryl methyl sites for hydroxylation is 1. The molecule has 3 fully saturated rings. The van der Waals surface area contributed by atoms with Gasteiger partial charge in [-0.05, 0) is 86.1 Å². The third-order valence-electron chi connectivity index (χ3n) is 8.04. The number of fused-ring (bicyclic) bond motifs is 1. The largest absolute Gasteiger partial charge is 0.375 e. The molecule has 0 radical (unpaired) electrons. The molecule has 0 amide bonds. The maximum absolute atomic E-state index is 6.36. The van der Waals surface area contributed by atoms with Crippen LogP contribution in [0, 0.1) is 12.8 Å². The molecule has 31 heavy (non-hydrogen) atoms. The highest BCUT2D eigenvalue weighted by Crippen LogP contribution is 2.45. The van der Waals surface area contributed by atoms with Crippen molar-refractivity contribution in [1.82, 2.24) is 9.88 Å². The molecule has 1 N–H and O–H groups in total. The number of aromatic amines is 1. The van der Waals surface area contributed by atoms with Gasteiger partial charge in [0.25, 0.3) is 0 Å². The second-order valence-electron chi connectivity index (χ2n) is 10.2. The quantitative estimate of drug-likeness (QED) is 0.529. The molecule has 3 aliphatic rings. The fourth-order valence-electron chi connectivity index (χ4n) is 6.14. The molecular weight excluding hydrogens is 380 g/mol. The van der Waals surface area contributed by atoms with Crippen LogP contribution < -0.4 is 0 Å². The summed E-state index contributed by atoms with van der Waals surface area (Å²) in [6, 6.07) is 16.4. The second-order valence-corrected chi connectivity index (χ2v) is 10.2. The molecule has 1 saturated carbocycles. The Morgan fingerprint density at radius 2 is 2.00 bits per heavy atom. The monoisotopic (exact) mass is 414 g/mol. The van der Waals surface area contributed by atoms with Crippen molar-refractivity contribution in [2.75, 3.05) is 13.2 Å². The predicted molar refractivity (Wildman–Crippen MR) is 126 cm³/mol. The van der Waals surface area contributed by atoms with Crippen LogP contribution >= 0.6 is 0 Å². The van der Waals surface area contributed by atoms with E-state index in [-0.39, 0.29) is 5.60 Å². The summed E-state index contributed by atoms with van der Waals surface area (Å²) in [5.74, 6) is 0.899. The zero-order valence-electron chi connectivity index (χ0n) is 18.7. The Morgan fingerprint density at radius 3 is 2.77 bits per heavy atom. The molecule has 3 aromatic rings. The van der Waals surface area contributed by atoms with Crippen molar-refractivity contribution >= 4 is 10.9 Å². The summed E-state index contributed by atoms with van der Waals surface area (Å²) in [5, 5.41) is 1.43. The fourth-order valence-corrected chi connectivity index (χ4v) is 6.14. The molecular formula is C28H34N2O. The molecule has 2 aromatic carbocycles. The Hall–Kier alpha value is -2.10. The van der Waals surface area contributed by atoms with Crippen LogP contribution in [-0.4, -0.2) is 28.6 Å². The van der Waals surface area contributed by atoms with E-state index in [9.17, 15) is 0 Å². The summed E-state index contributed by atoms with van der Waals surface area (Å²) < 4.78 is 6.36. The molecule has 0 bridgehead atoms. The molecule has 1 aliphatic carbocycles. The van der Waals surface area contributed by atoms with Crippen LogP contribution in [0.4, 0.5) is 0 Å². The number of H-pyrrole nitrogens is 1. The number of hydrogen-bond donors (Lipinski definition) is 1. The van der Waals surface area contributed by atoms with E-state index in [0.29, 0.717) is 6.04 Å². The summed E-state index contributed by atoms with van der Waals surface area (Å²) in [5.41, 5.74) is 7.38. The first-order valence-corrected chi connectivity index (χ1v) is 12.2. The SMILES string of the molecule is Cc1cc(CC2CC2)c(CN2CC[C@@]3(CCCO3)C[C@H]2c2ccccc2)c2cc[nH]c12. The van der Waals surface area contributed by atoms with Gasteiger partial charge in [0.1, 0.15) is 0 Å². The highest BCUT2D eigenvalue weighted by atomic mass is 16.5. The summed E-state index contributed by atoms with van der Waals surface area (Å²) in [4.78, 5) is 6.25. The number of nitrogens with zero attached hydrogens (tertiary/aromatic N) is 1. The van der Waals surface area contributed by atoms with Gasteiger partial charge in [0.05, 0.1) is 5.60 Å². The highest BCUT2D eigenvalue weighted by molar-refractivity contribution is 5.87. The van der Waals surface area contributed by atoms with Crippen molar-refractivity contribution in [3.8, 4) is 0 Å². The molecule has 3 heterocycles. The molecule has 6 rings (SSSR count). The Kier molecular flexibility index (Phi) is 4.92. The molecule has 0 unspecified atom stereocenters. The number of hydrogen-bond acceptors (Lipinski definition) is 2. The van der Waals surface area contributed by atoms with Crippen molar-refractivity contribution in [3.63, 3.8) is 0 Å². The number of benzene rings is 2. The number of nitrogens with one attached hydrogen (secondary N) is 1. The van der Waals surface area contributed by atoms with Gasteiger partial charge in [-0.3, -0.25) is 4.90 Å². The van der Waals surface area contributed by atoms with Gasteiger partial charge in [-0.15, -0.1) is 0 Å².